The number of H-pyrrole nitrogens is 1. The van der Waals surface area contributed by atoms with Crippen LogP contribution < -0.4 is 5.73 Å². The number of imidazole rings is 1. The lowest BCUT2D eigenvalue weighted by Gasteiger charge is -2.00. The first-order valence-corrected chi connectivity index (χ1v) is 5.59. The standard InChI is InChI=1S/C12H8ClFN4/c13-10-6(2-1-3-7(10)14)11-16-8-4-5-9(15)17-12(8)18-11/h1-5H,(H3,15,16,17,18). The van der Waals surface area contributed by atoms with E-state index in [2.05, 4.69) is 15.0 Å². The number of hydrogen-bond donors (Lipinski definition) is 2. The maximum Gasteiger partial charge on any atom is 0.180 e. The van der Waals surface area contributed by atoms with E-state index in [9.17, 15) is 4.39 Å². The predicted molar refractivity (Wildman–Crippen MR) is 68.7 cm³/mol. The SMILES string of the molecule is Nc1ccc2[nH]c(-c3cccc(F)c3Cl)nc2n1. The highest BCUT2D eigenvalue weighted by Gasteiger charge is 2.12. The van der Waals surface area contributed by atoms with Crippen LogP contribution in [0.5, 0.6) is 0 Å². The topological polar surface area (TPSA) is 67.6 Å². The summed E-state index contributed by atoms with van der Waals surface area (Å²) < 4.78 is 13.4. The van der Waals surface area contributed by atoms with Gasteiger partial charge in [-0.05, 0) is 24.3 Å². The van der Waals surface area contributed by atoms with Crippen molar-refractivity contribution in [1.82, 2.24) is 15.0 Å². The molecule has 0 saturated heterocycles. The van der Waals surface area contributed by atoms with Crippen LogP contribution in [0.25, 0.3) is 22.6 Å². The Hall–Kier alpha value is -2.14. The highest BCUT2D eigenvalue weighted by atomic mass is 35.5. The summed E-state index contributed by atoms with van der Waals surface area (Å²) in [4.78, 5) is 11.3. The van der Waals surface area contributed by atoms with Crippen molar-refractivity contribution in [2.75, 3.05) is 5.73 Å². The summed E-state index contributed by atoms with van der Waals surface area (Å²) in [6, 6.07) is 7.99. The van der Waals surface area contributed by atoms with Gasteiger partial charge in [0.15, 0.2) is 5.65 Å². The summed E-state index contributed by atoms with van der Waals surface area (Å²) >= 11 is 5.91. The summed E-state index contributed by atoms with van der Waals surface area (Å²) in [6.07, 6.45) is 0. The molecule has 0 spiro atoms. The molecule has 3 aromatic rings. The average Bonchev–Trinajstić information content (AvgIpc) is 2.75. The van der Waals surface area contributed by atoms with Crippen LogP contribution in [-0.2, 0) is 0 Å². The van der Waals surface area contributed by atoms with Crippen LogP contribution in [0.4, 0.5) is 10.2 Å². The Morgan fingerprint density at radius 2 is 2.00 bits per heavy atom. The molecule has 6 heteroatoms. The fraction of sp³-hybridized carbons (Fsp3) is 0. The van der Waals surface area contributed by atoms with E-state index in [1.165, 1.54) is 6.07 Å². The van der Waals surface area contributed by atoms with Gasteiger partial charge < -0.3 is 10.7 Å². The molecule has 0 aliphatic heterocycles. The summed E-state index contributed by atoms with van der Waals surface area (Å²) in [7, 11) is 0. The number of nitrogens with one attached hydrogen (secondary N) is 1. The Bertz CT molecular complexity index is 738. The number of fused-ring (bicyclic) bond motifs is 1. The average molecular weight is 263 g/mol. The third-order valence-electron chi connectivity index (χ3n) is 2.57. The Balaban J connectivity index is 2.22. The number of pyridine rings is 1. The molecule has 1 aromatic carbocycles. The number of anilines is 1. The van der Waals surface area contributed by atoms with Gasteiger partial charge in [-0.25, -0.2) is 14.4 Å². The van der Waals surface area contributed by atoms with Crippen LogP contribution in [0.1, 0.15) is 0 Å². The number of hydrogen-bond acceptors (Lipinski definition) is 3. The number of rotatable bonds is 1. The molecule has 3 N–H and O–H groups in total. The first-order valence-electron chi connectivity index (χ1n) is 5.22. The highest BCUT2D eigenvalue weighted by molar-refractivity contribution is 6.33. The largest absolute Gasteiger partial charge is 0.384 e. The summed E-state index contributed by atoms with van der Waals surface area (Å²) in [5.41, 5.74) is 7.27. The van der Waals surface area contributed by atoms with Gasteiger partial charge in [-0.15, -0.1) is 0 Å². The zero-order valence-electron chi connectivity index (χ0n) is 9.11. The van der Waals surface area contributed by atoms with E-state index in [1.54, 1.807) is 24.3 Å². The number of benzene rings is 1. The molecule has 4 nitrogen and oxygen atoms in total. The molecule has 0 bridgehead atoms. The number of nitrogen functional groups attached to an aromatic ring is 1. The fourth-order valence-corrected chi connectivity index (χ4v) is 1.94. The van der Waals surface area contributed by atoms with E-state index in [1.807, 2.05) is 0 Å². The lowest BCUT2D eigenvalue weighted by atomic mass is 10.2. The fourth-order valence-electron chi connectivity index (χ4n) is 1.72. The van der Waals surface area contributed by atoms with Crippen molar-refractivity contribution >= 4 is 28.6 Å². The normalized spacial score (nSPS) is 11.0. The van der Waals surface area contributed by atoms with Gasteiger partial charge in [-0.2, -0.15) is 0 Å². The van der Waals surface area contributed by atoms with Crippen molar-refractivity contribution in [3.8, 4) is 11.4 Å². The second-order valence-corrected chi connectivity index (χ2v) is 4.17. The number of halogens is 2. The van der Waals surface area contributed by atoms with E-state index in [4.69, 9.17) is 17.3 Å². The molecule has 2 heterocycles. The zero-order chi connectivity index (χ0) is 12.7. The number of nitrogens with zero attached hydrogens (tertiary/aromatic N) is 2. The van der Waals surface area contributed by atoms with Gasteiger partial charge in [0.25, 0.3) is 0 Å². The second kappa shape index (κ2) is 3.96. The third kappa shape index (κ3) is 1.69. The Morgan fingerprint density at radius 1 is 1.17 bits per heavy atom. The molecule has 0 aliphatic carbocycles. The van der Waals surface area contributed by atoms with E-state index in [-0.39, 0.29) is 5.02 Å². The van der Waals surface area contributed by atoms with Crippen LogP contribution in [0.3, 0.4) is 0 Å². The van der Waals surface area contributed by atoms with E-state index in [0.29, 0.717) is 22.9 Å². The Labute approximate surface area is 107 Å². The van der Waals surface area contributed by atoms with Crippen LogP contribution in [-0.4, -0.2) is 15.0 Å². The van der Waals surface area contributed by atoms with Gasteiger partial charge in [0, 0.05) is 5.56 Å². The van der Waals surface area contributed by atoms with Gasteiger partial charge in [-0.3, -0.25) is 0 Å². The molecule has 0 aliphatic rings. The summed E-state index contributed by atoms with van der Waals surface area (Å²) in [5, 5.41) is 0.0320. The van der Waals surface area contributed by atoms with Crippen molar-refractivity contribution in [3.05, 3.63) is 41.2 Å². The van der Waals surface area contributed by atoms with Gasteiger partial charge in [-0.1, -0.05) is 17.7 Å². The zero-order valence-corrected chi connectivity index (χ0v) is 9.87. The molecule has 2 aromatic heterocycles. The minimum absolute atomic E-state index is 0.0320. The van der Waals surface area contributed by atoms with E-state index >= 15 is 0 Å². The third-order valence-corrected chi connectivity index (χ3v) is 2.96. The molecular weight excluding hydrogens is 255 g/mol. The van der Waals surface area contributed by atoms with Crippen LogP contribution in [0, 0.1) is 5.82 Å². The monoisotopic (exact) mass is 262 g/mol. The van der Waals surface area contributed by atoms with Gasteiger partial charge >= 0.3 is 0 Å². The quantitative estimate of drug-likeness (QED) is 0.708. The van der Waals surface area contributed by atoms with E-state index in [0.717, 1.165) is 5.52 Å². The van der Waals surface area contributed by atoms with Crippen LogP contribution >= 0.6 is 11.6 Å². The maximum atomic E-state index is 13.4. The molecule has 0 fully saturated rings. The minimum atomic E-state index is -0.484. The molecule has 18 heavy (non-hydrogen) atoms. The Kier molecular flexibility index (Phi) is 2.41. The van der Waals surface area contributed by atoms with Crippen molar-refractivity contribution in [2.45, 2.75) is 0 Å². The number of aromatic nitrogens is 3. The smallest absolute Gasteiger partial charge is 0.180 e. The van der Waals surface area contributed by atoms with Crippen molar-refractivity contribution in [3.63, 3.8) is 0 Å². The number of aromatic amines is 1. The molecule has 3 rings (SSSR count). The Morgan fingerprint density at radius 3 is 2.83 bits per heavy atom. The van der Waals surface area contributed by atoms with Gasteiger partial charge in [0.05, 0.1) is 10.5 Å². The highest BCUT2D eigenvalue weighted by Crippen LogP contribution is 2.29. The summed E-state index contributed by atoms with van der Waals surface area (Å²) in [5.74, 6) is 0.362. The predicted octanol–water partition coefficient (Wildman–Crippen LogP) is 3.00. The lowest BCUT2D eigenvalue weighted by Crippen LogP contribution is -1.88. The molecule has 0 atom stereocenters. The van der Waals surface area contributed by atoms with E-state index < -0.39 is 5.82 Å². The van der Waals surface area contributed by atoms with Crippen LogP contribution in [0.2, 0.25) is 5.02 Å². The molecule has 0 saturated carbocycles. The van der Waals surface area contributed by atoms with Gasteiger partial charge in [0.1, 0.15) is 17.5 Å². The molecular formula is C12H8ClFN4. The second-order valence-electron chi connectivity index (χ2n) is 3.79. The first-order chi connectivity index (χ1) is 8.65. The minimum Gasteiger partial charge on any atom is -0.384 e. The van der Waals surface area contributed by atoms with Crippen molar-refractivity contribution in [1.29, 1.82) is 0 Å². The van der Waals surface area contributed by atoms with Crippen molar-refractivity contribution in [2.24, 2.45) is 0 Å². The van der Waals surface area contributed by atoms with Crippen LogP contribution in [0.15, 0.2) is 30.3 Å². The molecule has 90 valence electrons. The maximum absolute atomic E-state index is 13.4. The lowest BCUT2D eigenvalue weighted by molar-refractivity contribution is 0.628. The molecule has 0 amide bonds. The summed E-state index contributed by atoms with van der Waals surface area (Å²) in [6.45, 7) is 0. The van der Waals surface area contributed by atoms with Crippen molar-refractivity contribution < 1.29 is 4.39 Å². The number of nitrogens with two attached hydrogens (primary N) is 1. The van der Waals surface area contributed by atoms with Gasteiger partial charge in [0.2, 0.25) is 0 Å². The molecule has 0 radical (unpaired) electrons. The molecule has 0 unspecified atom stereocenters. The first kappa shape index (κ1) is 11.0.